The summed E-state index contributed by atoms with van der Waals surface area (Å²) in [5.74, 6) is 1.97. The fraction of sp³-hybridized carbons (Fsp3) is 0.944. The Morgan fingerprint density at radius 2 is 1.77 bits per heavy atom. The van der Waals surface area contributed by atoms with Gasteiger partial charge in [-0.3, -0.25) is 4.79 Å². The van der Waals surface area contributed by atoms with Crippen molar-refractivity contribution in [3.8, 4) is 0 Å². The first-order chi connectivity index (χ1) is 10.8. The molecular formula is C18H31N3O. The number of carbonyl (C=O) groups is 1. The molecule has 0 saturated carbocycles. The molecule has 4 heteroatoms. The first-order valence-corrected chi connectivity index (χ1v) is 9.55. The van der Waals surface area contributed by atoms with Gasteiger partial charge in [0.2, 0.25) is 5.91 Å². The molecule has 0 aromatic rings. The molecule has 3 atom stereocenters. The SMILES string of the molecule is O=C(NCC1CCCN2CCCCC12)C1CN2CCC1CC2. The van der Waals surface area contributed by atoms with E-state index in [0.717, 1.165) is 19.1 Å². The van der Waals surface area contributed by atoms with Crippen LogP contribution in [-0.4, -0.2) is 61.0 Å². The van der Waals surface area contributed by atoms with Crippen molar-refractivity contribution in [1.29, 1.82) is 0 Å². The Morgan fingerprint density at radius 1 is 0.955 bits per heavy atom. The van der Waals surface area contributed by atoms with Gasteiger partial charge in [-0.15, -0.1) is 0 Å². The van der Waals surface area contributed by atoms with Crippen molar-refractivity contribution in [2.75, 3.05) is 39.3 Å². The summed E-state index contributed by atoms with van der Waals surface area (Å²) in [4.78, 5) is 17.8. The number of carbonyl (C=O) groups excluding carboxylic acids is 1. The van der Waals surface area contributed by atoms with Crippen LogP contribution in [0.15, 0.2) is 0 Å². The largest absolute Gasteiger partial charge is 0.355 e. The predicted molar refractivity (Wildman–Crippen MR) is 87.6 cm³/mol. The van der Waals surface area contributed by atoms with Gasteiger partial charge < -0.3 is 15.1 Å². The van der Waals surface area contributed by atoms with E-state index >= 15 is 0 Å². The Hall–Kier alpha value is -0.610. The van der Waals surface area contributed by atoms with Crippen LogP contribution >= 0.6 is 0 Å². The molecule has 1 amide bonds. The predicted octanol–water partition coefficient (Wildman–Crippen LogP) is 1.71. The number of amides is 1. The number of piperidine rings is 5. The van der Waals surface area contributed by atoms with E-state index in [1.165, 1.54) is 71.1 Å². The summed E-state index contributed by atoms with van der Waals surface area (Å²) in [6, 6.07) is 0.745. The smallest absolute Gasteiger partial charge is 0.224 e. The summed E-state index contributed by atoms with van der Waals surface area (Å²) in [6.45, 7) is 6.94. The lowest BCUT2D eigenvalue weighted by Gasteiger charge is -2.45. The Balaban J connectivity index is 1.31. The zero-order valence-corrected chi connectivity index (χ0v) is 13.8. The van der Waals surface area contributed by atoms with E-state index in [-0.39, 0.29) is 5.92 Å². The van der Waals surface area contributed by atoms with Gasteiger partial charge in [-0.1, -0.05) is 6.42 Å². The number of nitrogens with zero attached hydrogens (tertiary/aromatic N) is 2. The van der Waals surface area contributed by atoms with Crippen molar-refractivity contribution in [2.45, 2.75) is 51.0 Å². The van der Waals surface area contributed by atoms with Crippen LogP contribution in [0.2, 0.25) is 0 Å². The molecule has 2 bridgehead atoms. The van der Waals surface area contributed by atoms with E-state index in [1.54, 1.807) is 0 Å². The van der Waals surface area contributed by atoms with Gasteiger partial charge in [-0.25, -0.2) is 0 Å². The first-order valence-electron chi connectivity index (χ1n) is 9.55. The molecule has 0 radical (unpaired) electrons. The molecule has 0 aromatic heterocycles. The fourth-order valence-electron chi connectivity index (χ4n) is 5.44. The highest BCUT2D eigenvalue weighted by Gasteiger charge is 2.39. The van der Waals surface area contributed by atoms with Crippen LogP contribution in [0.3, 0.4) is 0 Å². The van der Waals surface area contributed by atoms with E-state index in [9.17, 15) is 4.79 Å². The second kappa shape index (κ2) is 6.48. The third-order valence-electron chi connectivity index (χ3n) is 6.76. The number of nitrogens with one attached hydrogen (secondary N) is 1. The minimum absolute atomic E-state index is 0.272. The maximum absolute atomic E-state index is 12.6. The van der Waals surface area contributed by atoms with Crippen molar-refractivity contribution < 1.29 is 4.79 Å². The maximum Gasteiger partial charge on any atom is 0.224 e. The van der Waals surface area contributed by atoms with E-state index < -0.39 is 0 Å². The van der Waals surface area contributed by atoms with Gasteiger partial charge in [0.25, 0.3) is 0 Å². The zero-order valence-electron chi connectivity index (χ0n) is 13.8. The van der Waals surface area contributed by atoms with Crippen LogP contribution in [0, 0.1) is 17.8 Å². The summed E-state index contributed by atoms with van der Waals surface area (Å²) in [5.41, 5.74) is 0. The molecular weight excluding hydrogens is 274 g/mol. The average molecular weight is 305 g/mol. The highest BCUT2D eigenvalue weighted by atomic mass is 16.1. The van der Waals surface area contributed by atoms with Crippen LogP contribution in [0.25, 0.3) is 0 Å². The number of hydrogen-bond donors (Lipinski definition) is 1. The number of fused-ring (bicyclic) bond motifs is 4. The van der Waals surface area contributed by atoms with Crippen LogP contribution in [0.1, 0.15) is 44.9 Å². The molecule has 5 heterocycles. The van der Waals surface area contributed by atoms with Gasteiger partial charge in [0.05, 0.1) is 5.92 Å². The average Bonchev–Trinajstić information content (AvgIpc) is 2.60. The Morgan fingerprint density at radius 3 is 2.55 bits per heavy atom. The highest BCUT2D eigenvalue weighted by Crippen LogP contribution is 2.33. The molecule has 3 unspecified atom stereocenters. The number of hydrogen-bond acceptors (Lipinski definition) is 3. The molecule has 1 N–H and O–H groups in total. The van der Waals surface area contributed by atoms with Crippen molar-refractivity contribution in [1.82, 2.24) is 15.1 Å². The molecule has 5 aliphatic heterocycles. The topological polar surface area (TPSA) is 35.6 Å². The van der Waals surface area contributed by atoms with Crippen molar-refractivity contribution in [3.63, 3.8) is 0 Å². The molecule has 0 spiro atoms. The lowest BCUT2D eigenvalue weighted by Crippen LogP contribution is -2.55. The lowest BCUT2D eigenvalue weighted by atomic mass is 9.78. The van der Waals surface area contributed by atoms with Crippen LogP contribution in [0.5, 0.6) is 0 Å². The summed E-state index contributed by atoms with van der Waals surface area (Å²) < 4.78 is 0. The second-order valence-electron chi connectivity index (χ2n) is 7.99. The summed E-state index contributed by atoms with van der Waals surface area (Å²) in [6.07, 6.45) is 9.19. The third kappa shape index (κ3) is 2.92. The Bertz CT molecular complexity index is 403. The first kappa shape index (κ1) is 14.9. The van der Waals surface area contributed by atoms with Gasteiger partial charge >= 0.3 is 0 Å². The zero-order chi connectivity index (χ0) is 14.9. The van der Waals surface area contributed by atoms with Gasteiger partial charge in [0.15, 0.2) is 0 Å². The molecule has 5 aliphatic rings. The molecule has 0 aliphatic carbocycles. The van der Waals surface area contributed by atoms with E-state index in [2.05, 4.69) is 15.1 Å². The third-order valence-corrected chi connectivity index (χ3v) is 6.76. The summed E-state index contributed by atoms with van der Waals surface area (Å²) >= 11 is 0. The maximum atomic E-state index is 12.6. The van der Waals surface area contributed by atoms with E-state index in [1.807, 2.05) is 0 Å². The fourth-order valence-corrected chi connectivity index (χ4v) is 5.44. The summed E-state index contributed by atoms with van der Waals surface area (Å²) in [5, 5.41) is 3.35. The lowest BCUT2D eigenvalue weighted by molar-refractivity contribution is -0.131. The van der Waals surface area contributed by atoms with Crippen molar-refractivity contribution in [3.05, 3.63) is 0 Å². The quantitative estimate of drug-likeness (QED) is 0.862. The van der Waals surface area contributed by atoms with Crippen LogP contribution in [0.4, 0.5) is 0 Å². The monoisotopic (exact) mass is 305 g/mol. The van der Waals surface area contributed by atoms with Gasteiger partial charge in [-0.2, -0.15) is 0 Å². The minimum Gasteiger partial charge on any atom is -0.355 e. The van der Waals surface area contributed by atoms with E-state index in [0.29, 0.717) is 17.7 Å². The second-order valence-corrected chi connectivity index (χ2v) is 7.99. The van der Waals surface area contributed by atoms with E-state index in [4.69, 9.17) is 0 Å². The van der Waals surface area contributed by atoms with Crippen molar-refractivity contribution >= 4 is 5.91 Å². The summed E-state index contributed by atoms with van der Waals surface area (Å²) in [7, 11) is 0. The molecule has 5 saturated heterocycles. The van der Waals surface area contributed by atoms with Gasteiger partial charge in [-0.05, 0) is 76.5 Å². The highest BCUT2D eigenvalue weighted by molar-refractivity contribution is 5.79. The van der Waals surface area contributed by atoms with Crippen LogP contribution < -0.4 is 5.32 Å². The molecule has 4 nitrogen and oxygen atoms in total. The molecule has 0 aromatic carbocycles. The van der Waals surface area contributed by atoms with Gasteiger partial charge in [0.1, 0.15) is 0 Å². The number of rotatable bonds is 3. The van der Waals surface area contributed by atoms with Gasteiger partial charge in [0, 0.05) is 19.1 Å². The molecule has 5 rings (SSSR count). The molecule has 22 heavy (non-hydrogen) atoms. The molecule has 124 valence electrons. The minimum atomic E-state index is 0.272. The molecule has 5 fully saturated rings. The normalized spacial score (nSPS) is 41.9. The van der Waals surface area contributed by atoms with Crippen LogP contribution in [-0.2, 0) is 4.79 Å². The van der Waals surface area contributed by atoms with Crippen molar-refractivity contribution in [2.24, 2.45) is 17.8 Å². The Kier molecular flexibility index (Phi) is 4.40. The Labute approximate surface area is 134 Å². The standard InChI is InChI=1S/C18H31N3O/c22-18(16-13-20-10-6-14(16)7-11-20)19-12-15-4-3-9-21-8-2-1-5-17(15)21/h14-17H,1-13H2,(H,19,22).